The molecule has 1 aliphatic carbocycles. The monoisotopic (exact) mass is 444 g/mol. The van der Waals surface area contributed by atoms with Gasteiger partial charge in [-0.1, -0.05) is 0 Å². The highest BCUT2D eigenvalue weighted by Crippen LogP contribution is 2.32. The third-order valence-electron chi connectivity index (χ3n) is 4.84. The van der Waals surface area contributed by atoms with Crippen LogP contribution in [0, 0.1) is 0 Å². The van der Waals surface area contributed by atoms with Crippen molar-refractivity contribution in [3.05, 3.63) is 63.8 Å². The first kappa shape index (κ1) is 20.2. The van der Waals surface area contributed by atoms with Gasteiger partial charge in [0.2, 0.25) is 0 Å². The SMILES string of the molecule is COc1ccc(NS(=O)(=O)c2ccc(O)c(NC(=O)c3cc4c(s3)CCC4)c2)cc1. The third kappa shape index (κ3) is 4.12. The van der Waals surface area contributed by atoms with Crippen LogP contribution < -0.4 is 14.8 Å². The molecule has 0 unspecified atom stereocenters. The minimum absolute atomic E-state index is 0.0335. The lowest BCUT2D eigenvalue weighted by atomic mass is 10.2. The van der Waals surface area contributed by atoms with E-state index in [0.29, 0.717) is 16.3 Å². The molecule has 0 fully saturated rings. The molecule has 2 aromatic carbocycles. The molecule has 0 spiro atoms. The van der Waals surface area contributed by atoms with Gasteiger partial charge in [0, 0.05) is 10.6 Å². The van der Waals surface area contributed by atoms with Gasteiger partial charge < -0.3 is 15.2 Å². The van der Waals surface area contributed by atoms with E-state index in [1.54, 1.807) is 24.3 Å². The molecular weight excluding hydrogens is 424 g/mol. The number of nitrogens with one attached hydrogen (secondary N) is 2. The number of methoxy groups -OCH3 is 1. The summed E-state index contributed by atoms with van der Waals surface area (Å²) >= 11 is 1.44. The standard InChI is InChI=1S/C21H20N2O5S2/c1-28-15-7-5-14(6-8-15)23-30(26,27)16-9-10-18(24)17(12-16)22-21(25)20-11-13-3-2-4-19(13)29-20/h5-12,23-24H,2-4H2,1H3,(H,22,25). The molecule has 1 aliphatic rings. The number of hydrogen-bond acceptors (Lipinski definition) is 6. The number of aromatic hydroxyl groups is 1. The number of benzene rings is 2. The topological polar surface area (TPSA) is 105 Å². The van der Waals surface area contributed by atoms with Gasteiger partial charge in [-0.2, -0.15) is 0 Å². The summed E-state index contributed by atoms with van der Waals surface area (Å²) in [4.78, 5) is 14.3. The second-order valence-electron chi connectivity index (χ2n) is 6.88. The number of phenols is 1. The van der Waals surface area contributed by atoms with Gasteiger partial charge in [-0.25, -0.2) is 8.42 Å². The predicted octanol–water partition coefficient (Wildman–Crippen LogP) is 4.00. The molecule has 9 heteroatoms. The van der Waals surface area contributed by atoms with Crippen LogP contribution in [0.3, 0.4) is 0 Å². The van der Waals surface area contributed by atoms with Crippen LogP contribution in [-0.2, 0) is 22.9 Å². The molecule has 0 atom stereocenters. The van der Waals surface area contributed by atoms with Crippen molar-refractivity contribution < 1.29 is 23.1 Å². The van der Waals surface area contributed by atoms with Crippen LogP contribution in [-0.4, -0.2) is 26.5 Å². The molecule has 1 heterocycles. The van der Waals surface area contributed by atoms with Crippen LogP contribution in [0.1, 0.15) is 26.5 Å². The molecule has 4 rings (SSSR count). The van der Waals surface area contributed by atoms with Crippen LogP contribution >= 0.6 is 11.3 Å². The molecule has 1 aromatic heterocycles. The number of amides is 1. The largest absolute Gasteiger partial charge is 0.506 e. The Labute approximate surface area is 178 Å². The first-order chi connectivity index (χ1) is 14.4. The second-order valence-corrected chi connectivity index (χ2v) is 9.70. The molecule has 3 aromatic rings. The first-order valence-electron chi connectivity index (χ1n) is 9.28. The van der Waals surface area contributed by atoms with Gasteiger partial charge in [0.1, 0.15) is 11.5 Å². The summed E-state index contributed by atoms with van der Waals surface area (Å²) < 4.78 is 33.0. The fourth-order valence-corrected chi connectivity index (χ4v) is 5.51. The van der Waals surface area contributed by atoms with E-state index in [0.717, 1.165) is 19.3 Å². The van der Waals surface area contributed by atoms with Crippen LogP contribution in [0.2, 0.25) is 0 Å². The van der Waals surface area contributed by atoms with E-state index < -0.39 is 10.0 Å². The van der Waals surface area contributed by atoms with Crippen molar-refractivity contribution in [2.45, 2.75) is 24.2 Å². The Morgan fingerprint density at radius 2 is 1.87 bits per heavy atom. The summed E-state index contributed by atoms with van der Waals surface area (Å²) in [5, 5.41) is 12.7. The van der Waals surface area contributed by atoms with E-state index in [4.69, 9.17) is 4.74 Å². The Hall–Kier alpha value is -3.04. The van der Waals surface area contributed by atoms with Gasteiger partial charge in [-0.15, -0.1) is 11.3 Å². The molecule has 0 aliphatic heterocycles. The van der Waals surface area contributed by atoms with E-state index in [9.17, 15) is 18.3 Å². The summed E-state index contributed by atoms with van der Waals surface area (Å²) in [6.45, 7) is 0. The average molecular weight is 445 g/mol. The molecule has 1 amide bonds. The van der Waals surface area contributed by atoms with E-state index in [1.807, 2.05) is 6.07 Å². The minimum Gasteiger partial charge on any atom is -0.506 e. The Balaban J connectivity index is 1.54. The van der Waals surface area contributed by atoms with Crippen LogP contribution in [0.4, 0.5) is 11.4 Å². The normalized spacial score (nSPS) is 13.0. The zero-order valence-corrected chi connectivity index (χ0v) is 17.8. The van der Waals surface area contributed by atoms with Crippen LogP contribution in [0.25, 0.3) is 0 Å². The van der Waals surface area contributed by atoms with Crippen LogP contribution in [0.5, 0.6) is 11.5 Å². The molecule has 0 radical (unpaired) electrons. The molecule has 3 N–H and O–H groups in total. The maximum atomic E-state index is 12.7. The molecule has 0 saturated heterocycles. The van der Waals surface area contributed by atoms with Crippen molar-refractivity contribution in [1.29, 1.82) is 0 Å². The predicted molar refractivity (Wildman–Crippen MR) is 116 cm³/mol. The molecule has 0 bridgehead atoms. The number of anilines is 2. The van der Waals surface area contributed by atoms with E-state index in [-0.39, 0.29) is 22.2 Å². The summed E-state index contributed by atoms with van der Waals surface area (Å²) in [6.07, 6.45) is 3.05. The second kappa shape index (κ2) is 8.00. The van der Waals surface area contributed by atoms with Gasteiger partial charge in [0.15, 0.2) is 0 Å². The molecule has 7 nitrogen and oxygen atoms in total. The number of thiophene rings is 1. The lowest BCUT2D eigenvalue weighted by Crippen LogP contribution is -2.14. The molecule has 156 valence electrons. The lowest BCUT2D eigenvalue weighted by Gasteiger charge is -2.12. The number of fused-ring (bicyclic) bond motifs is 1. The van der Waals surface area contributed by atoms with Crippen molar-refractivity contribution in [3.63, 3.8) is 0 Å². The number of sulfonamides is 1. The maximum Gasteiger partial charge on any atom is 0.265 e. The van der Waals surface area contributed by atoms with E-state index in [1.165, 1.54) is 47.1 Å². The van der Waals surface area contributed by atoms with Crippen molar-refractivity contribution in [1.82, 2.24) is 0 Å². The Bertz CT molecular complexity index is 1180. The zero-order valence-electron chi connectivity index (χ0n) is 16.1. The van der Waals surface area contributed by atoms with Gasteiger partial charge in [-0.05, 0) is 73.4 Å². The molecule has 30 heavy (non-hydrogen) atoms. The van der Waals surface area contributed by atoms with Crippen molar-refractivity contribution in [3.8, 4) is 11.5 Å². The van der Waals surface area contributed by atoms with E-state index in [2.05, 4.69) is 10.0 Å². The third-order valence-corrected chi connectivity index (χ3v) is 7.45. The number of rotatable bonds is 6. The number of hydrogen-bond donors (Lipinski definition) is 3. The molecular formula is C21H20N2O5S2. The highest BCUT2D eigenvalue weighted by atomic mass is 32.2. The number of ether oxygens (including phenoxy) is 1. The van der Waals surface area contributed by atoms with Gasteiger partial charge in [-0.3, -0.25) is 9.52 Å². The Morgan fingerprint density at radius 1 is 1.10 bits per heavy atom. The maximum absolute atomic E-state index is 12.7. The minimum atomic E-state index is -3.92. The average Bonchev–Trinajstić information content (AvgIpc) is 3.32. The fourth-order valence-electron chi connectivity index (χ4n) is 3.28. The Kier molecular flexibility index (Phi) is 5.40. The fraction of sp³-hybridized carbons (Fsp3) is 0.190. The summed E-state index contributed by atoms with van der Waals surface area (Å²) in [5.41, 5.74) is 1.59. The quantitative estimate of drug-likeness (QED) is 0.499. The summed E-state index contributed by atoms with van der Waals surface area (Å²) in [7, 11) is -2.40. The Morgan fingerprint density at radius 3 is 2.57 bits per heavy atom. The number of aryl methyl sites for hydroxylation is 2. The highest BCUT2D eigenvalue weighted by molar-refractivity contribution is 7.92. The zero-order chi connectivity index (χ0) is 21.3. The van der Waals surface area contributed by atoms with Crippen molar-refractivity contribution >= 4 is 38.6 Å². The van der Waals surface area contributed by atoms with Crippen molar-refractivity contribution in [2.75, 3.05) is 17.1 Å². The highest BCUT2D eigenvalue weighted by Gasteiger charge is 2.21. The van der Waals surface area contributed by atoms with Gasteiger partial charge in [0.25, 0.3) is 15.9 Å². The first-order valence-corrected chi connectivity index (χ1v) is 11.6. The number of carbonyl (C=O) groups excluding carboxylic acids is 1. The van der Waals surface area contributed by atoms with Gasteiger partial charge in [0.05, 0.1) is 22.6 Å². The van der Waals surface area contributed by atoms with Crippen molar-refractivity contribution in [2.24, 2.45) is 0 Å². The number of phenolic OH excluding ortho intramolecular Hbond substituents is 1. The summed E-state index contributed by atoms with van der Waals surface area (Å²) in [6, 6.07) is 12.1. The van der Waals surface area contributed by atoms with Crippen LogP contribution in [0.15, 0.2) is 53.4 Å². The lowest BCUT2D eigenvalue weighted by molar-refractivity contribution is 0.103. The van der Waals surface area contributed by atoms with E-state index >= 15 is 0 Å². The smallest absolute Gasteiger partial charge is 0.265 e. The number of carbonyl (C=O) groups is 1. The summed E-state index contributed by atoms with van der Waals surface area (Å²) in [5.74, 6) is 0.0188. The molecule has 0 saturated carbocycles. The van der Waals surface area contributed by atoms with Gasteiger partial charge >= 0.3 is 0 Å².